The van der Waals surface area contributed by atoms with Crippen LogP contribution in [0.25, 0.3) is 0 Å². The zero-order chi connectivity index (χ0) is 14.8. The molecule has 0 aliphatic carbocycles. The van der Waals surface area contributed by atoms with Crippen LogP contribution in [-0.2, 0) is 0 Å². The monoisotopic (exact) mass is 264 g/mol. The Kier molecular flexibility index (Phi) is 4.45. The molecule has 1 unspecified atom stereocenters. The summed E-state index contributed by atoms with van der Waals surface area (Å²) >= 11 is 0. The fourth-order valence-corrected chi connectivity index (χ4v) is 1.83. The minimum atomic E-state index is -0.0562. The smallest absolute Gasteiger partial charge is 0.257 e. The van der Waals surface area contributed by atoms with Crippen molar-refractivity contribution >= 4 is 11.6 Å². The van der Waals surface area contributed by atoms with Crippen LogP contribution in [0, 0.1) is 5.41 Å². The lowest BCUT2D eigenvalue weighted by atomic mass is 9.87. The van der Waals surface area contributed by atoms with Crippen molar-refractivity contribution in [3.63, 3.8) is 0 Å². The highest BCUT2D eigenvalue weighted by molar-refractivity contribution is 5.97. The number of ether oxygens (including phenoxy) is 1. The second kappa shape index (κ2) is 5.51. The van der Waals surface area contributed by atoms with Gasteiger partial charge >= 0.3 is 0 Å². The first-order valence-electron chi connectivity index (χ1n) is 6.39. The number of nitrogens with zero attached hydrogens (tertiary/aromatic N) is 1. The van der Waals surface area contributed by atoms with Crippen molar-refractivity contribution in [3.05, 3.63) is 23.8 Å². The van der Waals surface area contributed by atoms with Crippen molar-refractivity contribution in [1.29, 1.82) is 0 Å². The molecule has 1 aromatic rings. The molecule has 1 amide bonds. The number of benzene rings is 1. The number of hydrogen-bond acceptors (Lipinski definition) is 3. The predicted octanol–water partition coefficient (Wildman–Crippen LogP) is 2.78. The molecule has 4 heteroatoms. The van der Waals surface area contributed by atoms with Gasteiger partial charge in [-0.15, -0.1) is 0 Å². The van der Waals surface area contributed by atoms with Crippen LogP contribution >= 0.6 is 0 Å². The van der Waals surface area contributed by atoms with Gasteiger partial charge in [0.1, 0.15) is 5.75 Å². The van der Waals surface area contributed by atoms with E-state index in [2.05, 4.69) is 20.8 Å². The SMILES string of the molecule is COc1cc(N)ccc1C(=O)N(C)C(C)C(C)(C)C. The quantitative estimate of drug-likeness (QED) is 0.854. The van der Waals surface area contributed by atoms with Crippen LogP contribution in [-0.4, -0.2) is 31.0 Å². The fourth-order valence-electron chi connectivity index (χ4n) is 1.83. The molecular formula is C15H24N2O2. The predicted molar refractivity (Wildman–Crippen MR) is 78.4 cm³/mol. The minimum absolute atomic E-state index is 0.0193. The minimum Gasteiger partial charge on any atom is -0.496 e. The van der Waals surface area contributed by atoms with E-state index in [0.29, 0.717) is 17.0 Å². The molecule has 19 heavy (non-hydrogen) atoms. The molecule has 0 aromatic heterocycles. The molecule has 106 valence electrons. The fraction of sp³-hybridized carbons (Fsp3) is 0.533. The summed E-state index contributed by atoms with van der Waals surface area (Å²) in [5.74, 6) is 0.456. The molecule has 4 nitrogen and oxygen atoms in total. The van der Waals surface area contributed by atoms with Crippen LogP contribution in [0.1, 0.15) is 38.1 Å². The Hall–Kier alpha value is -1.71. The number of rotatable bonds is 3. The van der Waals surface area contributed by atoms with E-state index in [4.69, 9.17) is 10.5 Å². The molecule has 0 aliphatic heterocycles. The number of methoxy groups -OCH3 is 1. The molecule has 0 heterocycles. The van der Waals surface area contributed by atoms with Crippen LogP contribution < -0.4 is 10.5 Å². The lowest BCUT2D eigenvalue weighted by Gasteiger charge is -2.35. The lowest BCUT2D eigenvalue weighted by Crippen LogP contribution is -2.43. The number of hydrogen-bond donors (Lipinski definition) is 1. The number of anilines is 1. The molecule has 1 atom stereocenters. The average molecular weight is 264 g/mol. The van der Waals surface area contributed by atoms with Crippen LogP contribution in [0.2, 0.25) is 0 Å². The molecule has 2 N–H and O–H groups in total. The zero-order valence-electron chi connectivity index (χ0n) is 12.7. The summed E-state index contributed by atoms with van der Waals surface area (Å²) in [5.41, 5.74) is 6.84. The van der Waals surface area contributed by atoms with E-state index in [1.807, 2.05) is 14.0 Å². The van der Waals surface area contributed by atoms with Crippen molar-refractivity contribution in [2.75, 3.05) is 19.9 Å². The van der Waals surface area contributed by atoms with E-state index >= 15 is 0 Å². The number of nitrogen functional groups attached to an aromatic ring is 1. The van der Waals surface area contributed by atoms with Crippen molar-refractivity contribution in [1.82, 2.24) is 4.90 Å². The standard InChI is InChI=1S/C15H24N2O2/c1-10(15(2,3)4)17(5)14(18)12-8-7-11(16)9-13(12)19-6/h7-10H,16H2,1-6H3. The van der Waals surface area contributed by atoms with Gasteiger partial charge in [-0.3, -0.25) is 4.79 Å². The maximum Gasteiger partial charge on any atom is 0.257 e. The van der Waals surface area contributed by atoms with Gasteiger partial charge in [0.2, 0.25) is 0 Å². The van der Waals surface area contributed by atoms with Gasteiger partial charge < -0.3 is 15.4 Å². The van der Waals surface area contributed by atoms with Crippen LogP contribution in [0.3, 0.4) is 0 Å². The molecule has 0 saturated carbocycles. The van der Waals surface area contributed by atoms with Gasteiger partial charge in [0.25, 0.3) is 5.91 Å². The molecule has 0 saturated heterocycles. The van der Waals surface area contributed by atoms with E-state index in [0.717, 1.165) is 0 Å². The van der Waals surface area contributed by atoms with Crippen LogP contribution in [0.5, 0.6) is 5.75 Å². The molecular weight excluding hydrogens is 240 g/mol. The van der Waals surface area contributed by atoms with E-state index in [9.17, 15) is 4.79 Å². The summed E-state index contributed by atoms with van der Waals surface area (Å²) in [6, 6.07) is 5.21. The summed E-state index contributed by atoms with van der Waals surface area (Å²) in [4.78, 5) is 14.3. The van der Waals surface area contributed by atoms with Gasteiger partial charge in [-0.2, -0.15) is 0 Å². The van der Waals surface area contributed by atoms with Crippen molar-refractivity contribution in [2.45, 2.75) is 33.7 Å². The molecule has 0 radical (unpaired) electrons. The average Bonchev–Trinajstić information content (AvgIpc) is 2.34. The maximum atomic E-state index is 12.5. The molecule has 1 rings (SSSR count). The zero-order valence-corrected chi connectivity index (χ0v) is 12.7. The summed E-state index contributed by atoms with van der Waals surface area (Å²) < 4.78 is 5.24. The third kappa shape index (κ3) is 3.40. The van der Waals surface area contributed by atoms with Gasteiger partial charge in [0.15, 0.2) is 0 Å². The highest BCUT2D eigenvalue weighted by Gasteiger charge is 2.28. The van der Waals surface area contributed by atoms with Crippen LogP contribution in [0.4, 0.5) is 5.69 Å². The number of amides is 1. The molecule has 0 spiro atoms. The second-order valence-electron chi connectivity index (χ2n) is 5.92. The normalized spacial score (nSPS) is 12.9. The number of carbonyl (C=O) groups excluding carboxylic acids is 1. The molecule has 0 bridgehead atoms. The molecule has 0 aliphatic rings. The summed E-state index contributed by atoms with van der Waals surface area (Å²) in [5, 5.41) is 0. The van der Waals surface area contributed by atoms with E-state index in [1.54, 1.807) is 30.2 Å². The largest absolute Gasteiger partial charge is 0.496 e. The molecule has 0 fully saturated rings. The van der Waals surface area contributed by atoms with E-state index in [1.165, 1.54) is 0 Å². The van der Waals surface area contributed by atoms with Gasteiger partial charge in [-0.25, -0.2) is 0 Å². The van der Waals surface area contributed by atoms with Crippen molar-refractivity contribution < 1.29 is 9.53 Å². The number of carbonyl (C=O) groups is 1. The first-order valence-corrected chi connectivity index (χ1v) is 6.39. The van der Waals surface area contributed by atoms with Crippen molar-refractivity contribution in [2.24, 2.45) is 5.41 Å². The maximum absolute atomic E-state index is 12.5. The Labute approximate surface area is 115 Å². The summed E-state index contributed by atoms with van der Waals surface area (Å²) in [6.45, 7) is 8.38. The first kappa shape index (κ1) is 15.3. The third-order valence-electron chi connectivity index (χ3n) is 3.61. The molecule has 1 aromatic carbocycles. The van der Waals surface area contributed by atoms with E-state index in [-0.39, 0.29) is 17.4 Å². The Morgan fingerprint density at radius 2 is 1.95 bits per heavy atom. The van der Waals surface area contributed by atoms with Gasteiger partial charge in [0, 0.05) is 24.8 Å². The van der Waals surface area contributed by atoms with E-state index < -0.39 is 0 Å². The second-order valence-corrected chi connectivity index (χ2v) is 5.92. The number of nitrogens with two attached hydrogens (primary N) is 1. The Bertz CT molecular complexity index is 464. The summed E-state index contributed by atoms with van der Waals surface area (Å²) in [7, 11) is 3.35. The van der Waals surface area contributed by atoms with Gasteiger partial charge in [0.05, 0.1) is 12.7 Å². The van der Waals surface area contributed by atoms with Crippen molar-refractivity contribution in [3.8, 4) is 5.75 Å². The highest BCUT2D eigenvalue weighted by Crippen LogP contribution is 2.27. The van der Waals surface area contributed by atoms with Gasteiger partial charge in [-0.1, -0.05) is 20.8 Å². The highest BCUT2D eigenvalue weighted by atomic mass is 16.5. The lowest BCUT2D eigenvalue weighted by molar-refractivity contribution is 0.0626. The topological polar surface area (TPSA) is 55.6 Å². The van der Waals surface area contributed by atoms with Gasteiger partial charge in [-0.05, 0) is 24.5 Å². The van der Waals surface area contributed by atoms with Crippen LogP contribution in [0.15, 0.2) is 18.2 Å². The summed E-state index contributed by atoms with van der Waals surface area (Å²) in [6.07, 6.45) is 0. The Morgan fingerprint density at radius 1 is 1.37 bits per heavy atom. The Morgan fingerprint density at radius 3 is 2.42 bits per heavy atom. The first-order chi connectivity index (χ1) is 8.68. The third-order valence-corrected chi connectivity index (χ3v) is 3.61. The Balaban J connectivity index is 3.07.